The Morgan fingerprint density at radius 3 is 2.70 bits per heavy atom. The molecule has 0 unspecified atom stereocenters. The molecule has 0 fully saturated rings. The number of pyridine rings is 1. The number of hydrogen-bond donors (Lipinski definition) is 1. The van der Waals surface area contributed by atoms with E-state index in [1.54, 1.807) is 10.5 Å². The summed E-state index contributed by atoms with van der Waals surface area (Å²) in [5.74, 6) is 0. The van der Waals surface area contributed by atoms with E-state index in [0.29, 0.717) is 12.2 Å². The summed E-state index contributed by atoms with van der Waals surface area (Å²) in [5, 5.41) is 3.26. The van der Waals surface area contributed by atoms with E-state index < -0.39 is 0 Å². The lowest BCUT2D eigenvalue weighted by Crippen LogP contribution is -2.18. The molecule has 4 nitrogen and oxygen atoms in total. The highest BCUT2D eigenvalue weighted by Gasteiger charge is 2.03. The largest absolute Gasteiger partial charge is 0.379 e. The van der Waals surface area contributed by atoms with Crippen molar-refractivity contribution in [3.8, 4) is 0 Å². The summed E-state index contributed by atoms with van der Waals surface area (Å²) in [6.45, 7) is 2.43. The van der Waals surface area contributed by atoms with Crippen LogP contribution in [0.2, 0.25) is 0 Å². The quantitative estimate of drug-likeness (QED) is 0.792. The summed E-state index contributed by atoms with van der Waals surface area (Å²) in [6.07, 6.45) is 0. The normalized spacial score (nSPS) is 10.7. The van der Waals surface area contributed by atoms with E-state index in [0.717, 1.165) is 17.1 Å². The number of nitrogens with one attached hydrogen (secondary N) is 1. The van der Waals surface area contributed by atoms with Gasteiger partial charge in [0, 0.05) is 17.4 Å². The Bertz CT molecular complexity index is 794. The van der Waals surface area contributed by atoms with Gasteiger partial charge in [-0.1, -0.05) is 24.3 Å². The average molecular weight is 265 g/mol. The molecule has 1 N–H and O–H groups in total. The molecule has 0 bridgehead atoms. The van der Waals surface area contributed by atoms with Gasteiger partial charge >= 0.3 is 0 Å². The van der Waals surface area contributed by atoms with Gasteiger partial charge in [0.2, 0.25) is 0 Å². The highest BCUT2D eigenvalue weighted by molar-refractivity contribution is 5.44. The molecule has 3 rings (SSSR count). The Hall–Kier alpha value is -2.62. The number of aromatic nitrogens is 2. The molecule has 100 valence electrons. The molecular formula is C16H15N3O. The highest BCUT2D eigenvalue weighted by Crippen LogP contribution is 2.08. The van der Waals surface area contributed by atoms with Crippen molar-refractivity contribution in [2.24, 2.45) is 0 Å². The van der Waals surface area contributed by atoms with Crippen LogP contribution < -0.4 is 10.9 Å². The lowest BCUT2D eigenvalue weighted by Gasteiger charge is -2.08. The summed E-state index contributed by atoms with van der Waals surface area (Å²) < 4.78 is 1.62. The number of benzene rings is 1. The molecule has 0 aliphatic rings. The molecular weight excluding hydrogens is 250 g/mol. The van der Waals surface area contributed by atoms with E-state index in [4.69, 9.17) is 0 Å². The topological polar surface area (TPSA) is 46.4 Å². The summed E-state index contributed by atoms with van der Waals surface area (Å²) in [6, 6.07) is 17.1. The van der Waals surface area contributed by atoms with Gasteiger partial charge < -0.3 is 5.32 Å². The lowest BCUT2D eigenvalue weighted by molar-refractivity contribution is 0.943. The Morgan fingerprint density at radius 2 is 1.90 bits per heavy atom. The SMILES string of the molecule is Cc1cccc2nc(CNc3ccccc3)cc(=O)n12. The average Bonchev–Trinajstić information content (AvgIpc) is 2.46. The van der Waals surface area contributed by atoms with Crippen molar-refractivity contribution in [3.63, 3.8) is 0 Å². The predicted octanol–water partition coefficient (Wildman–Crippen LogP) is 2.62. The third kappa shape index (κ3) is 2.40. The van der Waals surface area contributed by atoms with E-state index in [2.05, 4.69) is 10.3 Å². The summed E-state index contributed by atoms with van der Waals surface area (Å²) in [4.78, 5) is 16.6. The number of para-hydroxylation sites is 1. The fourth-order valence-electron chi connectivity index (χ4n) is 2.20. The van der Waals surface area contributed by atoms with Gasteiger partial charge in [-0.3, -0.25) is 9.20 Å². The van der Waals surface area contributed by atoms with Crippen LogP contribution in [0.15, 0.2) is 59.4 Å². The second-order valence-electron chi connectivity index (χ2n) is 4.67. The maximum atomic E-state index is 12.1. The van der Waals surface area contributed by atoms with Gasteiger partial charge in [0.15, 0.2) is 0 Å². The van der Waals surface area contributed by atoms with Gasteiger partial charge in [0.05, 0.1) is 12.2 Å². The van der Waals surface area contributed by atoms with E-state index in [9.17, 15) is 4.79 Å². The van der Waals surface area contributed by atoms with E-state index in [1.165, 1.54) is 0 Å². The Balaban J connectivity index is 1.92. The van der Waals surface area contributed by atoms with Crippen molar-refractivity contribution in [2.45, 2.75) is 13.5 Å². The fourth-order valence-corrected chi connectivity index (χ4v) is 2.20. The first-order chi connectivity index (χ1) is 9.74. The standard InChI is InChI=1S/C16H15N3O/c1-12-6-5-9-15-18-14(10-16(20)19(12)15)11-17-13-7-3-2-4-8-13/h2-10,17H,11H2,1H3. The Labute approximate surface area is 116 Å². The smallest absolute Gasteiger partial charge is 0.258 e. The van der Waals surface area contributed by atoms with Crippen LogP contribution in [-0.4, -0.2) is 9.38 Å². The number of nitrogens with zero attached hydrogens (tertiary/aromatic N) is 2. The van der Waals surface area contributed by atoms with Gasteiger partial charge in [0.25, 0.3) is 5.56 Å². The van der Waals surface area contributed by atoms with Crippen LogP contribution in [0.1, 0.15) is 11.4 Å². The number of hydrogen-bond acceptors (Lipinski definition) is 3. The van der Waals surface area contributed by atoms with E-state index in [1.807, 2.05) is 55.5 Å². The minimum atomic E-state index is -0.0436. The molecule has 20 heavy (non-hydrogen) atoms. The van der Waals surface area contributed by atoms with Gasteiger partial charge in [0.1, 0.15) is 5.65 Å². The first-order valence-corrected chi connectivity index (χ1v) is 6.51. The molecule has 4 heteroatoms. The van der Waals surface area contributed by atoms with Crippen molar-refractivity contribution in [1.29, 1.82) is 0 Å². The van der Waals surface area contributed by atoms with E-state index >= 15 is 0 Å². The molecule has 1 aromatic carbocycles. The third-order valence-corrected chi connectivity index (χ3v) is 3.18. The molecule has 0 aliphatic heterocycles. The molecule has 0 spiro atoms. The Kier molecular flexibility index (Phi) is 3.21. The van der Waals surface area contributed by atoms with Crippen LogP contribution in [0.25, 0.3) is 5.65 Å². The minimum absolute atomic E-state index is 0.0436. The van der Waals surface area contributed by atoms with Gasteiger partial charge in [-0.25, -0.2) is 4.98 Å². The molecule has 0 saturated carbocycles. The van der Waals surface area contributed by atoms with Crippen LogP contribution in [0, 0.1) is 6.92 Å². The van der Waals surface area contributed by atoms with E-state index in [-0.39, 0.29) is 5.56 Å². The zero-order chi connectivity index (χ0) is 13.9. The Morgan fingerprint density at radius 1 is 1.10 bits per heavy atom. The lowest BCUT2D eigenvalue weighted by atomic mass is 10.3. The zero-order valence-corrected chi connectivity index (χ0v) is 11.2. The molecule has 2 heterocycles. The molecule has 0 atom stereocenters. The number of rotatable bonds is 3. The summed E-state index contributed by atoms with van der Waals surface area (Å²) in [5.41, 5.74) is 3.28. The van der Waals surface area contributed by atoms with Crippen molar-refractivity contribution < 1.29 is 0 Å². The second-order valence-corrected chi connectivity index (χ2v) is 4.67. The van der Waals surface area contributed by atoms with Crippen LogP contribution in [-0.2, 0) is 6.54 Å². The maximum absolute atomic E-state index is 12.1. The fraction of sp³-hybridized carbons (Fsp3) is 0.125. The van der Waals surface area contributed by atoms with Crippen molar-refractivity contribution in [1.82, 2.24) is 9.38 Å². The first kappa shape index (κ1) is 12.4. The van der Waals surface area contributed by atoms with Gasteiger partial charge in [-0.05, 0) is 31.2 Å². The summed E-state index contributed by atoms with van der Waals surface area (Å²) >= 11 is 0. The first-order valence-electron chi connectivity index (χ1n) is 6.51. The zero-order valence-electron chi connectivity index (χ0n) is 11.2. The molecule has 0 radical (unpaired) electrons. The van der Waals surface area contributed by atoms with Crippen LogP contribution in [0.3, 0.4) is 0 Å². The second kappa shape index (κ2) is 5.17. The monoisotopic (exact) mass is 265 g/mol. The third-order valence-electron chi connectivity index (χ3n) is 3.18. The van der Waals surface area contributed by atoms with Crippen LogP contribution in [0.4, 0.5) is 5.69 Å². The number of aryl methyl sites for hydroxylation is 1. The van der Waals surface area contributed by atoms with Crippen LogP contribution in [0.5, 0.6) is 0 Å². The van der Waals surface area contributed by atoms with Crippen molar-refractivity contribution in [2.75, 3.05) is 5.32 Å². The number of fused-ring (bicyclic) bond motifs is 1. The minimum Gasteiger partial charge on any atom is -0.379 e. The van der Waals surface area contributed by atoms with Gasteiger partial charge in [-0.15, -0.1) is 0 Å². The molecule has 0 saturated heterocycles. The number of anilines is 1. The maximum Gasteiger partial charge on any atom is 0.258 e. The summed E-state index contributed by atoms with van der Waals surface area (Å²) in [7, 11) is 0. The van der Waals surface area contributed by atoms with Crippen LogP contribution >= 0.6 is 0 Å². The highest BCUT2D eigenvalue weighted by atomic mass is 16.1. The van der Waals surface area contributed by atoms with Gasteiger partial charge in [-0.2, -0.15) is 0 Å². The van der Waals surface area contributed by atoms with Crippen molar-refractivity contribution >= 4 is 11.3 Å². The molecule has 2 aromatic heterocycles. The predicted molar refractivity (Wildman–Crippen MR) is 80.0 cm³/mol. The molecule has 3 aromatic rings. The van der Waals surface area contributed by atoms with Crippen molar-refractivity contribution in [3.05, 3.63) is 76.3 Å². The molecule has 0 amide bonds. The molecule has 0 aliphatic carbocycles.